The zero-order valence-corrected chi connectivity index (χ0v) is 13.2. The third kappa shape index (κ3) is 3.37. The highest BCUT2D eigenvalue weighted by atomic mass is 32.1. The van der Waals surface area contributed by atoms with Crippen LogP contribution in [0.25, 0.3) is 10.9 Å². The zero-order valence-electron chi connectivity index (χ0n) is 12.4. The fourth-order valence-corrected chi connectivity index (χ4v) is 3.03. The molecule has 0 aliphatic heterocycles. The van der Waals surface area contributed by atoms with Gasteiger partial charge in [0, 0.05) is 34.4 Å². The Morgan fingerprint density at radius 2 is 2.14 bits per heavy atom. The van der Waals surface area contributed by atoms with Crippen LogP contribution < -0.4 is 15.6 Å². The van der Waals surface area contributed by atoms with Gasteiger partial charge in [0.05, 0.1) is 6.61 Å². The smallest absolute Gasteiger partial charge is 0.252 e. The average Bonchev–Trinajstić information content (AvgIpc) is 3.02. The molecule has 2 heterocycles. The SMILES string of the molecule is CCOc1ccc2[nH]c(=O)c(CNCc3cccs3)cc2c1. The molecule has 0 saturated heterocycles. The number of aromatic nitrogens is 1. The van der Waals surface area contributed by atoms with Crippen molar-refractivity contribution in [2.45, 2.75) is 20.0 Å². The lowest BCUT2D eigenvalue weighted by molar-refractivity contribution is 0.340. The number of pyridine rings is 1. The molecule has 1 aromatic carbocycles. The normalized spacial score (nSPS) is 11.0. The molecule has 3 aromatic rings. The first-order chi connectivity index (χ1) is 10.8. The van der Waals surface area contributed by atoms with Crippen molar-refractivity contribution in [2.75, 3.05) is 6.61 Å². The summed E-state index contributed by atoms with van der Waals surface area (Å²) in [6.45, 7) is 3.90. The highest BCUT2D eigenvalue weighted by molar-refractivity contribution is 7.09. The van der Waals surface area contributed by atoms with Crippen molar-refractivity contribution >= 4 is 22.2 Å². The first-order valence-corrected chi connectivity index (χ1v) is 8.16. The minimum atomic E-state index is -0.0460. The molecule has 0 amide bonds. The number of hydrogen-bond donors (Lipinski definition) is 2. The van der Waals surface area contributed by atoms with Gasteiger partial charge in [-0.15, -0.1) is 11.3 Å². The number of rotatable bonds is 6. The Balaban J connectivity index is 1.79. The number of H-pyrrole nitrogens is 1. The van der Waals surface area contributed by atoms with Gasteiger partial charge >= 0.3 is 0 Å². The van der Waals surface area contributed by atoms with E-state index in [1.807, 2.05) is 37.3 Å². The van der Waals surface area contributed by atoms with E-state index in [1.165, 1.54) is 4.88 Å². The average molecular weight is 314 g/mol. The number of aromatic amines is 1. The molecular weight excluding hydrogens is 296 g/mol. The van der Waals surface area contributed by atoms with Gasteiger partial charge in [0.25, 0.3) is 5.56 Å². The summed E-state index contributed by atoms with van der Waals surface area (Å²) in [4.78, 5) is 16.3. The van der Waals surface area contributed by atoms with E-state index >= 15 is 0 Å². The Morgan fingerprint density at radius 3 is 2.91 bits per heavy atom. The van der Waals surface area contributed by atoms with Gasteiger partial charge in [-0.2, -0.15) is 0 Å². The first kappa shape index (κ1) is 14.8. The quantitative estimate of drug-likeness (QED) is 0.734. The van der Waals surface area contributed by atoms with Crippen LogP contribution in [0.15, 0.2) is 46.6 Å². The molecule has 0 radical (unpaired) electrons. The van der Waals surface area contributed by atoms with Gasteiger partial charge in [0.2, 0.25) is 0 Å². The van der Waals surface area contributed by atoms with Crippen molar-refractivity contribution in [1.29, 1.82) is 0 Å². The number of benzene rings is 1. The van der Waals surface area contributed by atoms with Crippen LogP contribution in [0, 0.1) is 0 Å². The van der Waals surface area contributed by atoms with E-state index in [-0.39, 0.29) is 5.56 Å². The van der Waals surface area contributed by atoms with E-state index in [2.05, 4.69) is 21.7 Å². The Morgan fingerprint density at radius 1 is 1.23 bits per heavy atom. The lowest BCUT2D eigenvalue weighted by Gasteiger charge is -2.07. The molecule has 0 bridgehead atoms. The standard InChI is InChI=1S/C17H18N2O2S/c1-2-21-14-5-6-16-12(9-14)8-13(17(20)19-16)10-18-11-15-4-3-7-22-15/h3-9,18H,2,10-11H2,1H3,(H,19,20). The molecule has 3 rings (SSSR count). The molecule has 22 heavy (non-hydrogen) atoms. The minimum Gasteiger partial charge on any atom is -0.494 e. The molecule has 2 aromatic heterocycles. The van der Waals surface area contributed by atoms with Crippen molar-refractivity contribution in [3.63, 3.8) is 0 Å². The molecule has 0 aliphatic carbocycles. The van der Waals surface area contributed by atoms with Gasteiger partial charge in [-0.05, 0) is 42.6 Å². The Hall–Kier alpha value is -2.11. The van der Waals surface area contributed by atoms with Crippen LogP contribution in [-0.2, 0) is 13.1 Å². The summed E-state index contributed by atoms with van der Waals surface area (Å²) in [5.74, 6) is 0.819. The van der Waals surface area contributed by atoms with E-state index in [9.17, 15) is 4.79 Å². The van der Waals surface area contributed by atoms with Crippen LogP contribution in [0.5, 0.6) is 5.75 Å². The van der Waals surface area contributed by atoms with E-state index in [1.54, 1.807) is 11.3 Å². The molecule has 0 spiro atoms. The number of thiophene rings is 1. The lowest BCUT2D eigenvalue weighted by Crippen LogP contribution is -2.20. The number of hydrogen-bond acceptors (Lipinski definition) is 4. The van der Waals surface area contributed by atoms with Crippen LogP contribution in [-0.4, -0.2) is 11.6 Å². The molecule has 0 saturated carbocycles. The highest BCUT2D eigenvalue weighted by Gasteiger charge is 2.04. The zero-order chi connectivity index (χ0) is 15.4. The molecule has 2 N–H and O–H groups in total. The number of fused-ring (bicyclic) bond motifs is 1. The first-order valence-electron chi connectivity index (χ1n) is 7.28. The fourth-order valence-electron chi connectivity index (χ4n) is 2.35. The predicted octanol–water partition coefficient (Wildman–Crippen LogP) is 3.28. The summed E-state index contributed by atoms with van der Waals surface area (Å²) in [5, 5.41) is 6.34. The van der Waals surface area contributed by atoms with Crippen molar-refractivity contribution in [3.05, 3.63) is 62.6 Å². The number of nitrogens with one attached hydrogen (secondary N) is 2. The molecule has 4 nitrogen and oxygen atoms in total. The topological polar surface area (TPSA) is 54.1 Å². The van der Waals surface area contributed by atoms with Gasteiger partial charge in [0.15, 0.2) is 0 Å². The highest BCUT2D eigenvalue weighted by Crippen LogP contribution is 2.19. The summed E-state index contributed by atoms with van der Waals surface area (Å²) in [5.41, 5.74) is 1.52. The van der Waals surface area contributed by atoms with Gasteiger partial charge < -0.3 is 15.0 Å². The molecule has 0 unspecified atom stereocenters. The van der Waals surface area contributed by atoms with Crippen molar-refractivity contribution in [1.82, 2.24) is 10.3 Å². The molecular formula is C17H18N2O2S. The molecule has 0 aliphatic rings. The van der Waals surface area contributed by atoms with E-state index in [0.717, 1.165) is 28.8 Å². The van der Waals surface area contributed by atoms with Crippen LogP contribution in [0.1, 0.15) is 17.4 Å². The summed E-state index contributed by atoms with van der Waals surface area (Å²) < 4.78 is 5.51. The molecule has 0 atom stereocenters. The minimum absolute atomic E-state index is 0.0460. The van der Waals surface area contributed by atoms with Crippen molar-refractivity contribution < 1.29 is 4.74 Å². The van der Waals surface area contributed by atoms with Crippen LogP contribution >= 0.6 is 11.3 Å². The third-order valence-corrected chi connectivity index (χ3v) is 4.27. The van der Waals surface area contributed by atoms with Crippen LogP contribution in [0.2, 0.25) is 0 Å². The van der Waals surface area contributed by atoms with Crippen molar-refractivity contribution in [2.24, 2.45) is 0 Å². The van der Waals surface area contributed by atoms with Crippen molar-refractivity contribution in [3.8, 4) is 5.75 Å². The fraction of sp³-hybridized carbons (Fsp3) is 0.235. The Bertz CT molecular complexity index is 809. The second-order valence-electron chi connectivity index (χ2n) is 4.99. The predicted molar refractivity (Wildman–Crippen MR) is 90.6 cm³/mol. The van der Waals surface area contributed by atoms with E-state index in [0.29, 0.717) is 13.2 Å². The molecule has 5 heteroatoms. The molecule has 0 fully saturated rings. The van der Waals surface area contributed by atoms with E-state index in [4.69, 9.17) is 4.74 Å². The van der Waals surface area contributed by atoms with Gasteiger partial charge in [0.1, 0.15) is 5.75 Å². The van der Waals surface area contributed by atoms with Gasteiger partial charge in [-0.3, -0.25) is 4.79 Å². The summed E-state index contributed by atoms with van der Waals surface area (Å²) in [6.07, 6.45) is 0. The number of ether oxygens (including phenoxy) is 1. The Kier molecular flexibility index (Phi) is 4.56. The summed E-state index contributed by atoms with van der Waals surface area (Å²) >= 11 is 1.71. The third-order valence-electron chi connectivity index (χ3n) is 3.40. The monoisotopic (exact) mass is 314 g/mol. The largest absolute Gasteiger partial charge is 0.494 e. The van der Waals surface area contributed by atoms with Gasteiger partial charge in [-0.25, -0.2) is 0 Å². The lowest BCUT2D eigenvalue weighted by atomic mass is 10.1. The summed E-state index contributed by atoms with van der Waals surface area (Å²) in [7, 11) is 0. The maximum atomic E-state index is 12.1. The van der Waals surface area contributed by atoms with Crippen LogP contribution in [0.3, 0.4) is 0 Å². The maximum absolute atomic E-state index is 12.1. The summed E-state index contributed by atoms with van der Waals surface area (Å²) in [6, 6.07) is 11.7. The molecule has 114 valence electrons. The van der Waals surface area contributed by atoms with E-state index < -0.39 is 0 Å². The Labute approximate surface area is 132 Å². The van der Waals surface area contributed by atoms with Crippen LogP contribution in [0.4, 0.5) is 0 Å². The second kappa shape index (κ2) is 6.77. The maximum Gasteiger partial charge on any atom is 0.252 e. The second-order valence-corrected chi connectivity index (χ2v) is 6.02. The van der Waals surface area contributed by atoms with Gasteiger partial charge in [-0.1, -0.05) is 6.07 Å².